The van der Waals surface area contributed by atoms with Gasteiger partial charge in [0.15, 0.2) is 0 Å². The smallest absolute Gasteiger partial charge is 0.126 e. The Bertz CT molecular complexity index is 399. The first-order chi connectivity index (χ1) is 7.52. The Balaban J connectivity index is 3.30. The van der Waals surface area contributed by atoms with Crippen molar-refractivity contribution < 1.29 is 9.53 Å². The van der Waals surface area contributed by atoms with Gasteiger partial charge in [0.1, 0.15) is 12.0 Å². The Morgan fingerprint density at radius 2 is 2.06 bits per heavy atom. The van der Waals surface area contributed by atoms with Crippen molar-refractivity contribution in [1.29, 1.82) is 0 Å². The number of carbonyl (C=O) groups excluding carboxylic acids is 1. The van der Waals surface area contributed by atoms with Gasteiger partial charge in [-0.3, -0.25) is 0 Å². The number of rotatable bonds is 4. The number of benzene rings is 1. The lowest BCUT2D eigenvalue weighted by atomic mass is 9.92. The molecule has 0 fully saturated rings. The van der Waals surface area contributed by atoms with Gasteiger partial charge in [0.05, 0.1) is 7.11 Å². The average Bonchev–Trinajstić information content (AvgIpc) is 2.24. The lowest BCUT2D eigenvalue weighted by Crippen LogP contribution is -2.02. The number of ether oxygens (including phenoxy) is 1. The highest BCUT2D eigenvalue weighted by molar-refractivity contribution is 6.31. The molecule has 1 aromatic carbocycles. The van der Waals surface area contributed by atoms with Crippen LogP contribution in [-0.4, -0.2) is 13.4 Å². The van der Waals surface area contributed by atoms with E-state index in [-0.39, 0.29) is 5.92 Å². The summed E-state index contributed by atoms with van der Waals surface area (Å²) in [7, 11) is 1.64. The van der Waals surface area contributed by atoms with E-state index in [0.717, 1.165) is 28.7 Å². The molecule has 1 aromatic rings. The van der Waals surface area contributed by atoms with Crippen LogP contribution in [0.4, 0.5) is 0 Å². The van der Waals surface area contributed by atoms with Gasteiger partial charge < -0.3 is 9.53 Å². The fraction of sp³-hybridized carbons (Fsp3) is 0.462. The first-order valence-electron chi connectivity index (χ1n) is 5.30. The van der Waals surface area contributed by atoms with Gasteiger partial charge in [-0.2, -0.15) is 0 Å². The van der Waals surface area contributed by atoms with Crippen LogP contribution in [0.2, 0.25) is 5.02 Å². The molecular formula is C13H17ClO2. The largest absolute Gasteiger partial charge is 0.496 e. The summed E-state index contributed by atoms with van der Waals surface area (Å²) in [4.78, 5) is 10.5. The van der Waals surface area contributed by atoms with Crippen LogP contribution in [0.25, 0.3) is 0 Å². The molecule has 0 aromatic heterocycles. The van der Waals surface area contributed by atoms with E-state index >= 15 is 0 Å². The summed E-state index contributed by atoms with van der Waals surface area (Å²) < 4.78 is 5.35. The number of carbonyl (C=O) groups is 1. The molecule has 0 aliphatic rings. The minimum atomic E-state index is 0.171. The molecule has 16 heavy (non-hydrogen) atoms. The van der Waals surface area contributed by atoms with E-state index in [2.05, 4.69) is 0 Å². The summed E-state index contributed by atoms with van der Waals surface area (Å²) >= 11 is 6.15. The van der Waals surface area contributed by atoms with Crippen molar-refractivity contribution in [1.82, 2.24) is 0 Å². The third-order valence-corrected chi connectivity index (χ3v) is 3.33. The second-order valence-corrected chi connectivity index (χ2v) is 4.44. The lowest BCUT2D eigenvalue weighted by molar-refractivity contribution is -0.108. The standard InChI is InChI=1S/C13H17ClO2/c1-8(5-6-15)11-7-12(14)10(3)13(16-4)9(11)2/h6-8H,5H2,1-4H3. The lowest BCUT2D eigenvalue weighted by Gasteiger charge is -2.18. The van der Waals surface area contributed by atoms with Crippen LogP contribution in [0, 0.1) is 13.8 Å². The molecule has 0 aliphatic carbocycles. The molecule has 0 saturated heterocycles. The first-order valence-corrected chi connectivity index (χ1v) is 5.67. The highest BCUT2D eigenvalue weighted by atomic mass is 35.5. The Morgan fingerprint density at radius 1 is 1.44 bits per heavy atom. The maximum Gasteiger partial charge on any atom is 0.126 e. The molecule has 1 rings (SSSR count). The van der Waals surface area contributed by atoms with E-state index in [1.54, 1.807) is 7.11 Å². The summed E-state index contributed by atoms with van der Waals surface area (Å²) in [5.41, 5.74) is 3.10. The van der Waals surface area contributed by atoms with Gasteiger partial charge in [0, 0.05) is 17.0 Å². The van der Waals surface area contributed by atoms with E-state index in [9.17, 15) is 4.79 Å². The summed E-state index contributed by atoms with van der Waals surface area (Å²) in [5, 5.41) is 0.690. The Morgan fingerprint density at radius 3 is 2.56 bits per heavy atom. The zero-order valence-corrected chi connectivity index (χ0v) is 10.9. The molecular weight excluding hydrogens is 224 g/mol. The van der Waals surface area contributed by atoms with Gasteiger partial charge in [-0.15, -0.1) is 0 Å². The zero-order valence-electron chi connectivity index (χ0n) is 10.1. The second kappa shape index (κ2) is 5.35. The van der Waals surface area contributed by atoms with E-state index in [0.29, 0.717) is 11.4 Å². The van der Waals surface area contributed by atoms with E-state index in [1.165, 1.54) is 0 Å². The van der Waals surface area contributed by atoms with Gasteiger partial charge in [-0.1, -0.05) is 18.5 Å². The van der Waals surface area contributed by atoms with E-state index in [1.807, 2.05) is 26.8 Å². The van der Waals surface area contributed by atoms with Crippen molar-refractivity contribution >= 4 is 17.9 Å². The van der Waals surface area contributed by atoms with Crippen LogP contribution >= 0.6 is 11.6 Å². The van der Waals surface area contributed by atoms with Crippen molar-refractivity contribution in [2.24, 2.45) is 0 Å². The molecule has 0 aliphatic heterocycles. The van der Waals surface area contributed by atoms with Gasteiger partial charge in [-0.05, 0) is 37.0 Å². The van der Waals surface area contributed by atoms with Gasteiger partial charge in [0.25, 0.3) is 0 Å². The minimum Gasteiger partial charge on any atom is -0.496 e. The van der Waals surface area contributed by atoms with Crippen LogP contribution in [-0.2, 0) is 4.79 Å². The monoisotopic (exact) mass is 240 g/mol. The quantitative estimate of drug-likeness (QED) is 0.751. The van der Waals surface area contributed by atoms with Gasteiger partial charge in [0.2, 0.25) is 0 Å². The normalized spacial score (nSPS) is 12.3. The molecule has 0 spiro atoms. The number of hydrogen-bond acceptors (Lipinski definition) is 2. The van der Waals surface area contributed by atoms with Crippen LogP contribution in [0.15, 0.2) is 6.07 Å². The van der Waals surface area contributed by atoms with Crippen molar-refractivity contribution in [3.05, 3.63) is 27.8 Å². The second-order valence-electron chi connectivity index (χ2n) is 4.03. The number of methoxy groups -OCH3 is 1. The minimum absolute atomic E-state index is 0.171. The summed E-state index contributed by atoms with van der Waals surface area (Å²) in [5.74, 6) is 0.991. The fourth-order valence-electron chi connectivity index (χ4n) is 1.96. The summed E-state index contributed by atoms with van der Waals surface area (Å²) in [6, 6.07) is 1.93. The number of hydrogen-bond donors (Lipinski definition) is 0. The predicted molar refractivity (Wildman–Crippen MR) is 66.6 cm³/mol. The molecule has 3 heteroatoms. The van der Waals surface area contributed by atoms with Gasteiger partial charge >= 0.3 is 0 Å². The Kier molecular flexibility index (Phi) is 4.36. The van der Waals surface area contributed by atoms with Crippen LogP contribution in [0.1, 0.15) is 36.0 Å². The fourth-order valence-corrected chi connectivity index (χ4v) is 2.17. The SMILES string of the molecule is COc1c(C)c(Cl)cc(C(C)CC=O)c1C. The molecule has 1 unspecified atom stereocenters. The molecule has 2 nitrogen and oxygen atoms in total. The van der Waals surface area contributed by atoms with E-state index < -0.39 is 0 Å². The molecule has 0 saturated carbocycles. The molecule has 1 atom stereocenters. The molecule has 0 amide bonds. The summed E-state index contributed by atoms with van der Waals surface area (Å²) in [6.07, 6.45) is 1.44. The Hall–Kier alpha value is -1.02. The van der Waals surface area contributed by atoms with Crippen molar-refractivity contribution in [3.63, 3.8) is 0 Å². The number of aldehydes is 1. The predicted octanol–water partition coefficient (Wildman–Crippen LogP) is 3.66. The molecule has 0 heterocycles. The van der Waals surface area contributed by atoms with E-state index in [4.69, 9.17) is 16.3 Å². The van der Waals surface area contributed by atoms with Crippen LogP contribution in [0.3, 0.4) is 0 Å². The zero-order chi connectivity index (χ0) is 12.3. The molecule has 0 bridgehead atoms. The molecule has 0 radical (unpaired) electrons. The third kappa shape index (κ3) is 2.38. The average molecular weight is 241 g/mol. The molecule has 0 N–H and O–H groups in total. The maximum atomic E-state index is 10.5. The van der Waals surface area contributed by atoms with Crippen LogP contribution in [0.5, 0.6) is 5.75 Å². The highest BCUT2D eigenvalue weighted by Gasteiger charge is 2.16. The number of halogens is 1. The van der Waals surface area contributed by atoms with Crippen LogP contribution < -0.4 is 4.74 Å². The van der Waals surface area contributed by atoms with Crippen molar-refractivity contribution in [3.8, 4) is 5.75 Å². The third-order valence-electron chi connectivity index (χ3n) is 2.94. The first kappa shape index (κ1) is 13.0. The van der Waals surface area contributed by atoms with Gasteiger partial charge in [-0.25, -0.2) is 0 Å². The maximum absolute atomic E-state index is 10.5. The topological polar surface area (TPSA) is 26.3 Å². The van der Waals surface area contributed by atoms with Crippen molar-refractivity contribution in [2.45, 2.75) is 33.1 Å². The molecule has 88 valence electrons. The van der Waals surface area contributed by atoms with Crippen molar-refractivity contribution in [2.75, 3.05) is 7.11 Å². The summed E-state index contributed by atoms with van der Waals surface area (Å²) in [6.45, 7) is 5.95. The Labute approximate surface area is 102 Å². The highest BCUT2D eigenvalue weighted by Crippen LogP contribution is 2.36.